The Balaban J connectivity index is 2.14. The van der Waals surface area contributed by atoms with Gasteiger partial charge in [-0.2, -0.15) is 5.10 Å². The van der Waals surface area contributed by atoms with E-state index in [1.165, 1.54) is 0 Å². The zero-order valence-corrected chi connectivity index (χ0v) is 11.7. The first kappa shape index (κ1) is 12.8. The lowest BCUT2D eigenvalue weighted by Crippen LogP contribution is -2.02. The molecule has 2 rings (SSSR count). The Morgan fingerprint density at radius 2 is 2.24 bits per heavy atom. The highest BCUT2D eigenvalue weighted by Gasteiger charge is 2.07. The SMILES string of the molecule is COCCOCc1cc2c(Cl)ccc(Br)n2n1. The van der Waals surface area contributed by atoms with Gasteiger partial charge in [0, 0.05) is 7.11 Å². The smallest absolute Gasteiger partial charge is 0.108 e. The van der Waals surface area contributed by atoms with Crippen LogP contribution in [0.4, 0.5) is 0 Å². The molecule has 0 aromatic carbocycles. The number of pyridine rings is 1. The molecule has 2 aromatic rings. The maximum absolute atomic E-state index is 6.08. The summed E-state index contributed by atoms with van der Waals surface area (Å²) in [4.78, 5) is 0. The molecule has 0 fully saturated rings. The van der Waals surface area contributed by atoms with Gasteiger partial charge in [-0.3, -0.25) is 0 Å². The van der Waals surface area contributed by atoms with Gasteiger partial charge in [-0.15, -0.1) is 0 Å². The van der Waals surface area contributed by atoms with Gasteiger partial charge < -0.3 is 9.47 Å². The summed E-state index contributed by atoms with van der Waals surface area (Å²) in [7, 11) is 1.64. The quantitative estimate of drug-likeness (QED) is 0.628. The first-order valence-corrected chi connectivity index (χ1v) is 6.29. The molecule has 0 amide bonds. The van der Waals surface area contributed by atoms with Crippen LogP contribution in [0, 0.1) is 0 Å². The second-order valence-electron chi connectivity index (χ2n) is 3.48. The molecule has 0 aliphatic carbocycles. The lowest BCUT2D eigenvalue weighted by atomic mass is 10.3. The van der Waals surface area contributed by atoms with Crippen molar-refractivity contribution in [2.24, 2.45) is 0 Å². The highest BCUT2D eigenvalue weighted by atomic mass is 79.9. The second kappa shape index (κ2) is 5.82. The molecule has 0 N–H and O–H groups in total. The number of fused-ring (bicyclic) bond motifs is 1. The number of methoxy groups -OCH3 is 1. The number of nitrogens with zero attached hydrogens (tertiary/aromatic N) is 2. The van der Waals surface area contributed by atoms with Gasteiger partial charge in [0.1, 0.15) is 4.60 Å². The molecule has 0 saturated heterocycles. The Labute approximate surface area is 113 Å². The molecule has 6 heteroatoms. The van der Waals surface area contributed by atoms with Crippen LogP contribution in [0.3, 0.4) is 0 Å². The minimum absolute atomic E-state index is 0.452. The molecule has 0 atom stereocenters. The predicted molar refractivity (Wildman–Crippen MR) is 69.4 cm³/mol. The van der Waals surface area contributed by atoms with Crippen molar-refractivity contribution in [2.45, 2.75) is 6.61 Å². The molecule has 4 nitrogen and oxygen atoms in total. The van der Waals surface area contributed by atoms with Crippen LogP contribution in [-0.2, 0) is 16.1 Å². The van der Waals surface area contributed by atoms with E-state index >= 15 is 0 Å². The van der Waals surface area contributed by atoms with Crippen LogP contribution in [0.15, 0.2) is 22.8 Å². The molecule has 2 aromatic heterocycles. The van der Waals surface area contributed by atoms with Crippen molar-refractivity contribution in [3.63, 3.8) is 0 Å². The topological polar surface area (TPSA) is 35.8 Å². The largest absolute Gasteiger partial charge is 0.382 e. The molecular weight excluding hydrogens is 307 g/mol. The third kappa shape index (κ3) is 2.98. The van der Waals surface area contributed by atoms with Crippen molar-refractivity contribution in [1.29, 1.82) is 0 Å². The molecule has 0 radical (unpaired) electrons. The van der Waals surface area contributed by atoms with Gasteiger partial charge in [0.25, 0.3) is 0 Å². The zero-order valence-electron chi connectivity index (χ0n) is 9.32. The Morgan fingerprint density at radius 1 is 1.41 bits per heavy atom. The zero-order chi connectivity index (χ0) is 12.3. The van der Waals surface area contributed by atoms with Crippen LogP contribution >= 0.6 is 27.5 Å². The third-order valence-electron chi connectivity index (χ3n) is 2.26. The third-order valence-corrected chi connectivity index (χ3v) is 3.18. The highest BCUT2D eigenvalue weighted by Crippen LogP contribution is 2.22. The van der Waals surface area contributed by atoms with Gasteiger partial charge in [0.15, 0.2) is 0 Å². The number of rotatable bonds is 5. The summed E-state index contributed by atoms with van der Waals surface area (Å²) in [5.41, 5.74) is 1.71. The van der Waals surface area contributed by atoms with E-state index in [9.17, 15) is 0 Å². The predicted octanol–water partition coefficient (Wildman–Crippen LogP) is 2.91. The Morgan fingerprint density at radius 3 is 2.94 bits per heavy atom. The van der Waals surface area contributed by atoms with E-state index in [0.717, 1.165) is 15.8 Å². The molecular formula is C11H12BrClN2O2. The average Bonchev–Trinajstić information content (AvgIpc) is 2.75. The number of hydrogen-bond acceptors (Lipinski definition) is 3. The minimum atomic E-state index is 0.452. The first-order chi connectivity index (χ1) is 8.22. The first-order valence-electron chi connectivity index (χ1n) is 5.11. The molecule has 0 aliphatic heterocycles. The van der Waals surface area contributed by atoms with E-state index in [1.54, 1.807) is 11.6 Å². The van der Waals surface area contributed by atoms with E-state index in [4.69, 9.17) is 21.1 Å². The highest BCUT2D eigenvalue weighted by molar-refractivity contribution is 9.10. The molecule has 17 heavy (non-hydrogen) atoms. The fourth-order valence-corrected chi connectivity index (χ4v) is 2.05. The molecule has 0 unspecified atom stereocenters. The fourth-order valence-electron chi connectivity index (χ4n) is 1.45. The number of hydrogen-bond donors (Lipinski definition) is 0. The molecule has 0 bridgehead atoms. The summed E-state index contributed by atoms with van der Waals surface area (Å²) >= 11 is 9.50. The molecule has 0 spiro atoms. The van der Waals surface area contributed by atoms with Crippen LogP contribution < -0.4 is 0 Å². The normalized spacial score (nSPS) is 11.2. The van der Waals surface area contributed by atoms with Crippen molar-refractivity contribution in [2.75, 3.05) is 20.3 Å². The van der Waals surface area contributed by atoms with E-state index in [1.807, 2.05) is 18.2 Å². The second-order valence-corrected chi connectivity index (χ2v) is 4.70. The molecule has 0 saturated carbocycles. The van der Waals surface area contributed by atoms with E-state index < -0.39 is 0 Å². The number of ether oxygens (including phenoxy) is 2. The van der Waals surface area contributed by atoms with Crippen LogP contribution in [0.2, 0.25) is 5.02 Å². The van der Waals surface area contributed by atoms with Gasteiger partial charge >= 0.3 is 0 Å². The van der Waals surface area contributed by atoms with Gasteiger partial charge in [0.2, 0.25) is 0 Å². The summed E-state index contributed by atoms with van der Waals surface area (Å²) in [6.45, 7) is 1.59. The van der Waals surface area contributed by atoms with Gasteiger partial charge in [-0.1, -0.05) is 11.6 Å². The standard InChI is InChI=1S/C11H12BrClN2O2/c1-16-4-5-17-7-8-6-10-9(13)2-3-11(12)15(10)14-8/h2-3,6H,4-5,7H2,1H3. The lowest BCUT2D eigenvalue weighted by molar-refractivity contribution is 0.0601. The summed E-state index contributed by atoms with van der Waals surface area (Å²) in [5, 5.41) is 5.06. The van der Waals surface area contributed by atoms with Crippen LogP contribution in [0.25, 0.3) is 5.52 Å². The monoisotopic (exact) mass is 318 g/mol. The lowest BCUT2D eigenvalue weighted by Gasteiger charge is -1.99. The van der Waals surface area contributed by atoms with Gasteiger partial charge in [-0.05, 0) is 34.1 Å². The van der Waals surface area contributed by atoms with Crippen molar-refractivity contribution >= 4 is 33.0 Å². The average molecular weight is 320 g/mol. The van der Waals surface area contributed by atoms with E-state index in [0.29, 0.717) is 24.8 Å². The summed E-state index contributed by atoms with van der Waals surface area (Å²) in [6, 6.07) is 5.61. The Bertz CT molecular complexity index is 476. The van der Waals surface area contributed by atoms with E-state index in [-0.39, 0.29) is 0 Å². The van der Waals surface area contributed by atoms with Crippen LogP contribution in [0.1, 0.15) is 5.69 Å². The van der Waals surface area contributed by atoms with Crippen molar-refractivity contribution in [1.82, 2.24) is 9.61 Å². The number of aromatic nitrogens is 2. The minimum Gasteiger partial charge on any atom is -0.382 e. The van der Waals surface area contributed by atoms with E-state index in [2.05, 4.69) is 21.0 Å². The van der Waals surface area contributed by atoms with Crippen molar-refractivity contribution in [3.8, 4) is 0 Å². The summed E-state index contributed by atoms with van der Waals surface area (Å²) < 4.78 is 12.9. The van der Waals surface area contributed by atoms with Gasteiger partial charge in [-0.25, -0.2) is 4.52 Å². The maximum Gasteiger partial charge on any atom is 0.108 e. The maximum atomic E-state index is 6.08. The summed E-state index contributed by atoms with van der Waals surface area (Å²) in [6.07, 6.45) is 0. The Hall–Kier alpha value is -0.620. The molecule has 0 aliphatic rings. The number of halogens is 2. The molecule has 92 valence electrons. The summed E-state index contributed by atoms with van der Waals surface area (Å²) in [5.74, 6) is 0. The van der Waals surface area contributed by atoms with Gasteiger partial charge in [0.05, 0.1) is 36.1 Å². The Kier molecular flexibility index (Phi) is 4.39. The molecule has 2 heterocycles. The van der Waals surface area contributed by atoms with Crippen LogP contribution in [-0.4, -0.2) is 29.9 Å². The van der Waals surface area contributed by atoms with Crippen LogP contribution in [0.5, 0.6) is 0 Å². The van der Waals surface area contributed by atoms with Crippen molar-refractivity contribution < 1.29 is 9.47 Å². The fraction of sp³-hybridized carbons (Fsp3) is 0.364. The van der Waals surface area contributed by atoms with Crippen molar-refractivity contribution in [3.05, 3.63) is 33.5 Å².